The molecule has 0 aliphatic heterocycles. The highest BCUT2D eigenvalue weighted by Crippen LogP contribution is 2.15. The molecular weight excluding hydrogens is 180 g/mol. The number of aromatic nitrogens is 1. The van der Waals surface area contributed by atoms with Crippen LogP contribution in [0.15, 0.2) is 29.8 Å². The molecule has 0 saturated heterocycles. The van der Waals surface area contributed by atoms with Gasteiger partial charge in [0.1, 0.15) is 0 Å². The van der Waals surface area contributed by atoms with Gasteiger partial charge in [-0.2, -0.15) is 0 Å². The zero-order chi connectivity index (χ0) is 9.68. The molecule has 70 valence electrons. The van der Waals surface area contributed by atoms with Gasteiger partial charge in [0.25, 0.3) is 0 Å². The van der Waals surface area contributed by atoms with Crippen LogP contribution in [-0.4, -0.2) is 31.0 Å². The van der Waals surface area contributed by atoms with Gasteiger partial charge >= 0.3 is 0 Å². The molecule has 1 aromatic carbocycles. The average molecular weight is 194 g/mol. The van der Waals surface area contributed by atoms with Crippen LogP contribution in [0.2, 0.25) is 0 Å². The highest BCUT2D eigenvalue weighted by atomic mass is 32.1. The van der Waals surface area contributed by atoms with E-state index in [1.54, 1.807) is 11.3 Å². The Labute approximate surface area is 82.8 Å². The van der Waals surface area contributed by atoms with Crippen LogP contribution in [0, 0.1) is 0 Å². The van der Waals surface area contributed by atoms with Gasteiger partial charge in [-0.15, -0.1) is 11.3 Å². The van der Waals surface area contributed by atoms with Crippen LogP contribution in [0.3, 0.4) is 0 Å². The van der Waals surface area contributed by atoms with Gasteiger partial charge in [0.2, 0.25) is 0 Å². The average Bonchev–Trinajstić information content (AvgIpc) is 2.49. The summed E-state index contributed by atoms with van der Waals surface area (Å²) in [7, 11) is 6.00. The maximum absolute atomic E-state index is 4.14. The summed E-state index contributed by atoms with van der Waals surface area (Å²) < 4.78 is 1.26. The van der Waals surface area contributed by atoms with Crippen molar-refractivity contribution < 1.29 is 0 Å². The molecular formula is C10H14N2S. The number of thiazole rings is 1. The third kappa shape index (κ3) is 3.53. The van der Waals surface area contributed by atoms with E-state index in [4.69, 9.17) is 0 Å². The number of fused-ring (bicyclic) bond motifs is 1. The first-order valence-electron chi connectivity index (χ1n) is 4.09. The molecule has 0 saturated carbocycles. The molecule has 0 aliphatic carbocycles. The number of para-hydroxylation sites is 1. The molecule has 0 atom stereocenters. The maximum Gasteiger partial charge on any atom is 0.0812 e. The predicted molar refractivity (Wildman–Crippen MR) is 59.2 cm³/mol. The van der Waals surface area contributed by atoms with Gasteiger partial charge in [-0.1, -0.05) is 12.1 Å². The van der Waals surface area contributed by atoms with Gasteiger partial charge in [-0.25, -0.2) is 4.98 Å². The summed E-state index contributed by atoms with van der Waals surface area (Å²) in [6.45, 7) is 0. The second-order valence-corrected chi connectivity index (χ2v) is 4.05. The molecule has 2 aromatic rings. The molecule has 2 nitrogen and oxygen atoms in total. The molecule has 0 radical (unpaired) electrons. The first-order chi connectivity index (χ1) is 6.20. The quantitative estimate of drug-likeness (QED) is 0.640. The lowest BCUT2D eigenvalue weighted by Gasteiger charge is -1.90. The highest BCUT2D eigenvalue weighted by molar-refractivity contribution is 7.16. The smallest absolute Gasteiger partial charge is 0.0812 e. The van der Waals surface area contributed by atoms with Crippen LogP contribution in [-0.2, 0) is 0 Å². The largest absolute Gasteiger partial charge is 0.312 e. The second-order valence-electron chi connectivity index (χ2n) is 3.16. The fraction of sp³-hybridized carbons (Fsp3) is 0.300. The van der Waals surface area contributed by atoms with E-state index >= 15 is 0 Å². The SMILES string of the molecule is CN(C)C.c1ccc2scnc2c1. The molecule has 13 heavy (non-hydrogen) atoms. The standard InChI is InChI=1S/C7H5NS.C3H9N/c1-2-4-7-6(3-1)8-5-9-7;1-4(2)3/h1-5H;1-3H3. The molecule has 0 N–H and O–H groups in total. The van der Waals surface area contributed by atoms with Crippen molar-refractivity contribution in [2.24, 2.45) is 0 Å². The third-order valence-electron chi connectivity index (χ3n) is 1.24. The Morgan fingerprint density at radius 2 is 1.77 bits per heavy atom. The topological polar surface area (TPSA) is 16.1 Å². The van der Waals surface area contributed by atoms with Crippen molar-refractivity contribution in [1.29, 1.82) is 0 Å². The first kappa shape index (κ1) is 10.2. The minimum atomic E-state index is 1.10. The molecule has 0 unspecified atom stereocenters. The van der Waals surface area contributed by atoms with Crippen molar-refractivity contribution in [2.75, 3.05) is 21.1 Å². The number of hydrogen-bond donors (Lipinski definition) is 0. The molecule has 0 fully saturated rings. The first-order valence-corrected chi connectivity index (χ1v) is 4.97. The lowest BCUT2D eigenvalue weighted by atomic mass is 10.3. The fourth-order valence-electron chi connectivity index (χ4n) is 0.803. The van der Waals surface area contributed by atoms with Crippen molar-refractivity contribution in [2.45, 2.75) is 0 Å². The van der Waals surface area contributed by atoms with Gasteiger partial charge in [-0.05, 0) is 33.3 Å². The molecule has 0 bridgehead atoms. The summed E-state index contributed by atoms with van der Waals surface area (Å²) in [4.78, 5) is 6.14. The molecule has 1 aromatic heterocycles. The summed E-state index contributed by atoms with van der Waals surface area (Å²) in [6, 6.07) is 8.13. The summed E-state index contributed by atoms with van der Waals surface area (Å²) in [5, 5.41) is 0. The maximum atomic E-state index is 4.14. The van der Waals surface area contributed by atoms with Crippen molar-refractivity contribution in [3.05, 3.63) is 29.8 Å². The minimum Gasteiger partial charge on any atom is -0.312 e. The van der Waals surface area contributed by atoms with E-state index in [9.17, 15) is 0 Å². The Kier molecular flexibility index (Phi) is 3.86. The van der Waals surface area contributed by atoms with Crippen LogP contribution in [0.1, 0.15) is 0 Å². The molecule has 0 amide bonds. The van der Waals surface area contributed by atoms with E-state index in [2.05, 4.69) is 11.1 Å². The molecule has 1 heterocycles. The minimum absolute atomic E-state index is 1.10. The number of nitrogens with zero attached hydrogens (tertiary/aromatic N) is 2. The molecule has 3 heteroatoms. The summed E-state index contributed by atoms with van der Waals surface area (Å²) >= 11 is 1.68. The summed E-state index contributed by atoms with van der Waals surface area (Å²) in [5.74, 6) is 0. The van der Waals surface area contributed by atoms with Gasteiger partial charge in [0, 0.05) is 0 Å². The van der Waals surface area contributed by atoms with E-state index in [-0.39, 0.29) is 0 Å². The summed E-state index contributed by atoms with van der Waals surface area (Å²) in [6.07, 6.45) is 0. The Balaban J connectivity index is 0.000000184. The normalized spacial score (nSPS) is 9.85. The van der Waals surface area contributed by atoms with E-state index in [0.717, 1.165) is 5.52 Å². The van der Waals surface area contributed by atoms with Gasteiger partial charge in [0.05, 0.1) is 15.7 Å². The van der Waals surface area contributed by atoms with Gasteiger partial charge < -0.3 is 4.90 Å². The van der Waals surface area contributed by atoms with E-state index < -0.39 is 0 Å². The monoisotopic (exact) mass is 194 g/mol. The van der Waals surface area contributed by atoms with Crippen molar-refractivity contribution in [3.8, 4) is 0 Å². The molecule has 0 aliphatic rings. The third-order valence-corrected chi connectivity index (χ3v) is 2.05. The van der Waals surface area contributed by atoms with Crippen molar-refractivity contribution in [1.82, 2.24) is 9.88 Å². The molecule has 2 rings (SSSR count). The van der Waals surface area contributed by atoms with Crippen molar-refractivity contribution >= 4 is 21.6 Å². The van der Waals surface area contributed by atoms with Crippen LogP contribution < -0.4 is 0 Å². The Morgan fingerprint density at radius 3 is 2.38 bits per heavy atom. The Bertz CT molecular complexity index is 321. The fourth-order valence-corrected chi connectivity index (χ4v) is 1.48. The van der Waals surface area contributed by atoms with Crippen LogP contribution >= 0.6 is 11.3 Å². The van der Waals surface area contributed by atoms with E-state index in [1.807, 2.05) is 49.8 Å². The highest BCUT2D eigenvalue weighted by Gasteiger charge is 1.89. The number of benzene rings is 1. The van der Waals surface area contributed by atoms with Gasteiger partial charge in [-0.3, -0.25) is 0 Å². The lowest BCUT2D eigenvalue weighted by Crippen LogP contribution is -1.99. The van der Waals surface area contributed by atoms with Crippen LogP contribution in [0.5, 0.6) is 0 Å². The zero-order valence-corrected chi connectivity index (χ0v) is 9.01. The van der Waals surface area contributed by atoms with Crippen LogP contribution in [0.4, 0.5) is 0 Å². The van der Waals surface area contributed by atoms with E-state index in [1.165, 1.54) is 4.70 Å². The Morgan fingerprint density at radius 1 is 1.15 bits per heavy atom. The van der Waals surface area contributed by atoms with Gasteiger partial charge in [0.15, 0.2) is 0 Å². The Hall–Kier alpha value is -0.930. The van der Waals surface area contributed by atoms with Crippen molar-refractivity contribution in [3.63, 3.8) is 0 Å². The van der Waals surface area contributed by atoms with E-state index in [0.29, 0.717) is 0 Å². The predicted octanol–water partition coefficient (Wildman–Crippen LogP) is 2.47. The number of hydrogen-bond acceptors (Lipinski definition) is 3. The zero-order valence-electron chi connectivity index (χ0n) is 8.19. The molecule has 0 spiro atoms. The lowest BCUT2D eigenvalue weighted by molar-refractivity contribution is 0.505. The van der Waals surface area contributed by atoms with Crippen LogP contribution in [0.25, 0.3) is 10.2 Å². The second kappa shape index (κ2) is 4.94. The number of rotatable bonds is 0. The summed E-state index contributed by atoms with van der Waals surface area (Å²) in [5.41, 5.74) is 2.97.